The lowest BCUT2D eigenvalue weighted by Crippen LogP contribution is -2.27. The number of rotatable bonds is 3. The summed E-state index contributed by atoms with van der Waals surface area (Å²) >= 11 is 0. The number of hydrogen-bond acceptors (Lipinski definition) is 3. The summed E-state index contributed by atoms with van der Waals surface area (Å²) in [5.41, 5.74) is 1.36. The molecule has 1 aliphatic heterocycles. The van der Waals surface area contributed by atoms with Gasteiger partial charge in [0.25, 0.3) is 0 Å². The van der Waals surface area contributed by atoms with E-state index in [0.29, 0.717) is 17.9 Å². The van der Waals surface area contributed by atoms with Crippen LogP contribution in [0.5, 0.6) is 0 Å². The third kappa shape index (κ3) is 2.76. The third-order valence-electron chi connectivity index (χ3n) is 3.27. The van der Waals surface area contributed by atoms with E-state index in [-0.39, 0.29) is 23.7 Å². The van der Waals surface area contributed by atoms with Crippen LogP contribution in [0.1, 0.15) is 30.6 Å². The number of benzene rings is 1. The van der Waals surface area contributed by atoms with Crippen molar-refractivity contribution in [3.05, 3.63) is 29.8 Å². The number of Topliss-reactive ketones (excluding diaryl/α,β-unsaturated/α-hetero) is 1. The van der Waals surface area contributed by atoms with Gasteiger partial charge in [0.15, 0.2) is 5.78 Å². The summed E-state index contributed by atoms with van der Waals surface area (Å²) in [5, 5.41) is 2.85. The smallest absolute Gasteiger partial charge is 0.230 e. The number of carbonyl (C=O) groups excluding carboxylic acids is 2. The molecule has 2 unspecified atom stereocenters. The van der Waals surface area contributed by atoms with Crippen LogP contribution >= 0.6 is 0 Å². The zero-order chi connectivity index (χ0) is 13.1. The molecule has 1 aromatic carbocycles. The Labute approximate surface area is 106 Å². The molecule has 0 radical (unpaired) electrons. The molecule has 2 rings (SSSR count). The Morgan fingerprint density at radius 1 is 1.28 bits per heavy atom. The van der Waals surface area contributed by atoms with Gasteiger partial charge in [-0.2, -0.15) is 0 Å². The lowest BCUT2D eigenvalue weighted by molar-refractivity contribution is -0.121. The molecule has 0 saturated carbocycles. The molecule has 1 aliphatic rings. The van der Waals surface area contributed by atoms with Gasteiger partial charge < -0.3 is 10.1 Å². The fourth-order valence-electron chi connectivity index (χ4n) is 2.10. The van der Waals surface area contributed by atoms with Crippen molar-refractivity contribution in [2.45, 2.75) is 26.4 Å². The fraction of sp³-hybridized carbons (Fsp3) is 0.429. The van der Waals surface area contributed by atoms with Crippen molar-refractivity contribution in [1.29, 1.82) is 0 Å². The fourth-order valence-corrected chi connectivity index (χ4v) is 2.10. The molecule has 1 heterocycles. The molecule has 0 spiro atoms. The summed E-state index contributed by atoms with van der Waals surface area (Å²) < 4.78 is 5.37. The van der Waals surface area contributed by atoms with Crippen LogP contribution in [0.3, 0.4) is 0 Å². The van der Waals surface area contributed by atoms with Gasteiger partial charge in [0.2, 0.25) is 5.91 Å². The quantitative estimate of drug-likeness (QED) is 0.833. The van der Waals surface area contributed by atoms with Crippen LogP contribution in [0.25, 0.3) is 0 Å². The van der Waals surface area contributed by atoms with E-state index in [9.17, 15) is 9.59 Å². The monoisotopic (exact) mass is 247 g/mol. The minimum Gasteiger partial charge on any atom is -0.378 e. The molecule has 1 fully saturated rings. The Bertz CT molecular complexity index is 453. The van der Waals surface area contributed by atoms with Crippen LogP contribution in [0.2, 0.25) is 0 Å². The van der Waals surface area contributed by atoms with E-state index in [0.717, 1.165) is 6.42 Å². The normalized spacial score (nSPS) is 22.8. The summed E-state index contributed by atoms with van der Waals surface area (Å²) in [6.45, 7) is 4.07. The molecular formula is C14H17NO3. The topological polar surface area (TPSA) is 55.4 Å². The van der Waals surface area contributed by atoms with Crippen molar-refractivity contribution < 1.29 is 14.3 Å². The number of ketones is 1. The molecule has 0 bridgehead atoms. The molecule has 1 saturated heterocycles. The zero-order valence-electron chi connectivity index (χ0n) is 10.6. The maximum absolute atomic E-state index is 12.0. The predicted molar refractivity (Wildman–Crippen MR) is 68.6 cm³/mol. The van der Waals surface area contributed by atoms with Gasteiger partial charge in [-0.1, -0.05) is 0 Å². The second-order valence-electron chi connectivity index (χ2n) is 4.59. The van der Waals surface area contributed by atoms with Crippen molar-refractivity contribution >= 4 is 17.4 Å². The van der Waals surface area contributed by atoms with Crippen molar-refractivity contribution in [3.63, 3.8) is 0 Å². The van der Waals surface area contributed by atoms with Gasteiger partial charge in [0, 0.05) is 17.9 Å². The minimum atomic E-state index is -0.0857. The highest BCUT2D eigenvalue weighted by atomic mass is 16.5. The van der Waals surface area contributed by atoms with Crippen LogP contribution < -0.4 is 5.32 Å². The Kier molecular flexibility index (Phi) is 3.77. The number of hydrogen-bond donors (Lipinski definition) is 1. The number of carbonyl (C=O) groups is 2. The third-order valence-corrected chi connectivity index (χ3v) is 3.27. The summed E-state index contributed by atoms with van der Waals surface area (Å²) in [6, 6.07) is 6.92. The van der Waals surface area contributed by atoms with Crippen molar-refractivity contribution in [2.24, 2.45) is 5.92 Å². The second-order valence-corrected chi connectivity index (χ2v) is 4.59. The summed E-state index contributed by atoms with van der Waals surface area (Å²) in [4.78, 5) is 23.1. The molecule has 1 amide bonds. The lowest BCUT2D eigenvalue weighted by atomic mass is 10.0. The second kappa shape index (κ2) is 5.31. The number of amides is 1. The average molecular weight is 247 g/mol. The van der Waals surface area contributed by atoms with E-state index >= 15 is 0 Å². The van der Waals surface area contributed by atoms with Crippen molar-refractivity contribution in [3.8, 4) is 0 Å². The van der Waals surface area contributed by atoms with Gasteiger partial charge in [-0.15, -0.1) is 0 Å². The Hall–Kier alpha value is -1.68. The van der Waals surface area contributed by atoms with Crippen molar-refractivity contribution in [2.75, 3.05) is 11.9 Å². The first-order chi connectivity index (χ1) is 8.58. The van der Waals surface area contributed by atoms with Gasteiger partial charge in [0.05, 0.1) is 12.0 Å². The predicted octanol–water partition coefficient (Wildman–Crippen LogP) is 2.25. The first-order valence-electron chi connectivity index (χ1n) is 6.11. The van der Waals surface area contributed by atoms with E-state index < -0.39 is 0 Å². The van der Waals surface area contributed by atoms with Crippen LogP contribution in [-0.4, -0.2) is 24.4 Å². The van der Waals surface area contributed by atoms with Gasteiger partial charge >= 0.3 is 0 Å². The van der Waals surface area contributed by atoms with E-state index in [1.54, 1.807) is 24.3 Å². The van der Waals surface area contributed by atoms with Crippen molar-refractivity contribution in [1.82, 2.24) is 0 Å². The molecule has 0 aliphatic carbocycles. The molecule has 0 aromatic heterocycles. The highest BCUT2D eigenvalue weighted by Gasteiger charge is 2.30. The van der Waals surface area contributed by atoms with Gasteiger partial charge in [-0.3, -0.25) is 9.59 Å². The molecule has 18 heavy (non-hydrogen) atoms. The van der Waals surface area contributed by atoms with Gasteiger partial charge in [-0.05, 0) is 44.5 Å². The SMILES string of the molecule is CC(=O)c1ccc(NC(=O)C2CCOC2C)cc1. The van der Waals surface area contributed by atoms with Crippen LogP contribution in [0, 0.1) is 5.92 Å². The zero-order valence-corrected chi connectivity index (χ0v) is 10.6. The average Bonchev–Trinajstić information content (AvgIpc) is 2.76. The Balaban J connectivity index is 2.00. The van der Waals surface area contributed by atoms with Crippen LogP contribution in [-0.2, 0) is 9.53 Å². The number of anilines is 1. The minimum absolute atomic E-state index is 0.0180. The first-order valence-corrected chi connectivity index (χ1v) is 6.11. The Morgan fingerprint density at radius 3 is 2.44 bits per heavy atom. The lowest BCUT2D eigenvalue weighted by Gasteiger charge is -2.14. The van der Waals surface area contributed by atoms with E-state index in [2.05, 4.69) is 5.32 Å². The molecule has 1 aromatic rings. The van der Waals surface area contributed by atoms with E-state index in [4.69, 9.17) is 4.74 Å². The molecule has 2 atom stereocenters. The van der Waals surface area contributed by atoms with Crippen LogP contribution in [0.15, 0.2) is 24.3 Å². The molecule has 4 nitrogen and oxygen atoms in total. The van der Waals surface area contributed by atoms with Crippen LogP contribution in [0.4, 0.5) is 5.69 Å². The van der Waals surface area contributed by atoms with E-state index in [1.165, 1.54) is 6.92 Å². The molecular weight excluding hydrogens is 230 g/mol. The van der Waals surface area contributed by atoms with Gasteiger partial charge in [-0.25, -0.2) is 0 Å². The molecule has 96 valence electrons. The summed E-state index contributed by atoms with van der Waals surface area (Å²) in [5.74, 6) is -0.0845. The first kappa shape index (κ1) is 12.8. The number of nitrogens with one attached hydrogen (secondary N) is 1. The van der Waals surface area contributed by atoms with Gasteiger partial charge in [0.1, 0.15) is 0 Å². The molecule has 1 N–H and O–H groups in total. The number of ether oxygens (including phenoxy) is 1. The summed E-state index contributed by atoms with van der Waals surface area (Å²) in [6.07, 6.45) is 0.736. The maximum Gasteiger partial charge on any atom is 0.230 e. The summed E-state index contributed by atoms with van der Waals surface area (Å²) in [7, 11) is 0. The molecule has 4 heteroatoms. The standard InChI is InChI=1S/C14H17NO3/c1-9(16)11-3-5-12(6-4-11)15-14(17)13-7-8-18-10(13)2/h3-6,10,13H,7-8H2,1-2H3,(H,15,17). The largest absolute Gasteiger partial charge is 0.378 e. The van der Waals surface area contributed by atoms with E-state index in [1.807, 2.05) is 6.92 Å². The highest BCUT2D eigenvalue weighted by Crippen LogP contribution is 2.22. The maximum atomic E-state index is 12.0. The Morgan fingerprint density at radius 2 is 1.94 bits per heavy atom. The highest BCUT2D eigenvalue weighted by molar-refractivity contribution is 5.96.